The summed E-state index contributed by atoms with van der Waals surface area (Å²) < 4.78 is 0. The minimum atomic E-state index is 0.0628. The number of hydrogen-bond donors (Lipinski definition) is 0. The Bertz CT molecular complexity index is 228. The third-order valence-electron chi connectivity index (χ3n) is 3.03. The van der Waals surface area contributed by atoms with Gasteiger partial charge in [-0.1, -0.05) is 0 Å². The fourth-order valence-electron chi connectivity index (χ4n) is 2.37. The summed E-state index contributed by atoms with van der Waals surface area (Å²) in [5.41, 5.74) is 0. The minimum absolute atomic E-state index is 0.0628. The molecule has 2 rings (SSSR count). The highest BCUT2D eigenvalue weighted by Gasteiger charge is 2.46. The highest BCUT2D eigenvalue weighted by Crippen LogP contribution is 2.46. The molecule has 0 spiro atoms. The number of ketones is 1. The van der Waals surface area contributed by atoms with Crippen molar-refractivity contribution in [3.8, 4) is 6.07 Å². The van der Waals surface area contributed by atoms with Crippen molar-refractivity contribution in [1.29, 1.82) is 5.26 Å². The highest BCUT2D eigenvalue weighted by atomic mass is 16.1. The van der Waals surface area contributed by atoms with Crippen LogP contribution in [0.5, 0.6) is 0 Å². The van der Waals surface area contributed by atoms with Crippen LogP contribution in [-0.4, -0.2) is 5.78 Å². The van der Waals surface area contributed by atoms with Crippen molar-refractivity contribution in [1.82, 2.24) is 0 Å². The van der Waals surface area contributed by atoms with E-state index in [0.29, 0.717) is 11.7 Å². The zero-order chi connectivity index (χ0) is 7.84. The van der Waals surface area contributed by atoms with Crippen molar-refractivity contribution in [2.24, 2.45) is 17.8 Å². The van der Waals surface area contributed by atoms with Crippen LogP contribution < -0.4 is 0 Å². The molecule has 0 bridgehead atoms. The van der Waals surface area contributed by atoms with E-state index in [1.54, 1.807) is 0 Å². The number of rotatable bonds is 0. The van der Waals surface area contributed by atoms with Crippen LogP contribution in [0.3, 0.4) is 0 Å². The van der Waals surface area contributed by atoms with E-state index >= 15 is 0 Å². The third-order valence-corrected chi connectivity index (χ3v) is 3.03. The lowest BCUT2D eigenvalue weighted by atomic mass is 9.59. The molecule has 0 saturated heterocycles. The number of nitrogens with zero attached hydrogens (tertiary/aromatic N) is 1. The predicted octanol–water partition coefficient (Wildman–Crippen LogP) is 1.52. The summed E-state index contributed by atoms with van der Waals surface area (Å²) in [6.45, 7) is 0. The van der Waals surface area contributed by atoms with Crippen LogP contribution in [0.1, 0.15) is 25.7 Å². The molecular formula is C9H11NO. The van der Waals surface area contributed by atoms with Gasteiger partial charge in [0, 0.05) is 12.3 Å². The first-order valence-electron chi connectivity index (χ1n) is 4.25. The minimum Gasteiger partial charge on any atom is -0.299 e. The van der Waals surface area contributed by atoms with E-state index in [4.69, 9.17) is 5.26 Å². The molecule has 0 unspecified atom stereocenters. The summed E-state index contributed by atoms with van der Waals surface area (Å²) in [6, 6.07) is 2.21. The van der Waals surface area contributed by atoms with E-state index in [0.717, 1.165) is 19.3 Å². The van der Waals surface area contributed by atoms with Crippen LogP contribution in [0, 0.1) is 29.1 Å². The first kappa shape index (κ1) is 6.84. The quantitative estimate of drug-likeness (QED) is 0.524. The van der Waals surface area contributed by atoms with Crippen molar-refractivity contribution < 1.29 is 4.79 Å². The molecule has 0 aromatic heterocycles. The maximum atomic E-state index is 11.3. The molecule has 2 fully saturated rings. The largest absolute Gasteiger partial charge is 0.299 e. The Hall–Kier alpha value is -0.840. The standard InChI is InChI=1S/C9H11NO/c10-5-7-4-6-2-1-3-8(11)9(6)7/h6-7,9H,1-4H2/t6-,7-,9-/m0/s1. The Morgan fingerprint density at radius 1 is 1.55 bits per heavy atom. The molecule has 3 atom stereocenters. The molecule has 2 heteroatoms. The molecular weight excluding hydrogens is 138 g/mol. The van der Waals surface area contributed by atoms with Crippen LogP contribution in [0.25, 0.3) is 0 Å². The average molecular weight is 149 g/mol. The molecule has 2 nitrogen and oxygen atoms in total. The normalized spacial score (nSPS) is 42.1. The number of hydrogen-bond acceptors (Lipinski definition) is 2. The predicted molar refractivity (Wildman–Crippen MR) is 39.6 cm³/mol. The van der Waals surface area contributed by atoms with Crippen molar-refractivity contribution in [2.75, 3.05) is 0 Å². The molecule has 0 radical (unpaired) electrons. The van der Waals surface area contributed by atoms with Crippen molar-refractivity contribution in [3.63, 3.8) is 0 Å². The lowest BCUT2D eigenvalue weighted by Gasteiger charge is -2.43. The van der Waals surface area contributed by atoms with Gasteiger partial charge in [-0.3, -0.25) is 4.79 Å². The molecule has 0 aromatic rings. The molecule has 0 heterocycles. The van der Waals surface area contributed by atoms with Crippen molar-refractivity contribution in [3.05, 3.63) is 0 Å². The Morgan fingerprint density at radius 3 is 3.00 bits per heavy atom. The van der Waals surface area contributed by atoms with Gasteiger partial charge in [0.25, 0.3) is 0 Å². The Morgan fingerprint density at radius 2 is 2.36 bits per heavy atom. The second kappa shape index (κ2) is 2.34. The number of nitriles is 1. The summed E-state index contributed by atoms with van der Waals surface area (Å²) in [7, 11) is 0. The molecule has 0 aliphatic heterocycles. The summed E-state index contributed by atoms with van der Waals surface area (Å²) in [5.74, 6) is 1.11. The van der Waals surface area contributed by atoms with Crippen LogP contribution in [0.15, 0.2) is 0 Å². The monoisotopic (exact) mass is 149 g/mol. The summed E-state index contributed by atoms with van der Waals surface area (Å²) in [5, 5.41) is 8.64. The van der Waals surface area contributed by atoms with Gasteiger partial charge in [-0.2, -0.15) is 5.26 Å². The van der Waals surface area contributed by atoms with E-state index in [1.165, 1.54) is 6.42 Å². The summed E-state index contributed by atoms with van der Waals surface area (Å²) in [6.07, 6.45) is 3.93. The topological polar surface area (TPSA) is 40.9 Å². The van der Waals surface area contributed by atoms with E-state index in [9.17, 15) is 4.79 Å². The van der Waals surface area contributed by atoms with Gasteiger partial charge in [0.15, 0.2) is 0 Å². The first-order chi connectivity index (χ1) is 5.33. The van der Waals surface area contributed by atoms with Crippen LogP contribution in [-0.2, 0) is 4.79 Å². The molecule has 0 amide bonds. The van der Waals surface area contributed by atoms with Crippen LogP contribution in [0.4, 0.5) is 0 Å². The van der Waals surface area contributed by atoms with Gasteiger partial charge in [0.2, 0.25) is 0 Å². The number of Topliss-reactive ketones (excluding diaryl/α,β-unsaturated/α-hetero) is 1. The Balaban J connectivity index is 2.10. The highest BCUT2D eigenvalue weighted by molar-refractivity contribution is 5.83. The van der Waals surface area contributed by atoms with Gasteiger partial charge in [0.05, 0.1) is 12.0 Å². The molecule has 2 aliphatic carbocycles. The second-order valence-corrected chi connectivity index (χ2v) is 3.62. The van der Waals surface area contributed by atoms with Gasteiger partial charge < -0.3 is 0 Å². The second-order valence-electron chi connectivity index (χ2n) is 3.62. The van der Waals surface area contributed by atoms with Gasteiger partial charge in [-0.25, -0.2) is 0 Å². The SMILES string of the molecule is N#C[C@@H]1C[C@@H]2CCCC(=O)[C@@H]21. The summed E-state index contributed by atoms with van der Waals surface area (Å²) in [4.78, 5) is 11.3. The maximum Gasteiger partial charge on any atom is 0.137 e. The number of fused-ring (bicyclic) bond motifs is 1. The Labute approximate surface area is 66.2 Å². The van der Waals surface area contributed by atoms with E-state index in [1.807, 2.05) is 0 Å². The summed E-state index contributed by atoms with van der Waals surface area (Å²) >= 11 is 0. The van der Waals surface area contributed by atoms with E-state index in [-0.39, 0.29) is 11.8 Å². The van der Waals surface area contributed by atoms with Crippen LogP contribution >= 0.6 is 0 Å². The zero-order valence-electron chi connectivity index (χ0n) is 6.42. The third kappa shape index (κ3) is 0.875. The van der Waals surface area contributed by atoms with Crippen molar-refractivity contribution in [2.45, 2.75) is 25.7 Å². The smallest absolute Gasteiger partial charge is 0.137 e. The average Bonchev–Trinajstić information content (AvgIpc) is 1.93. The van der Waals surface area contributed by atoms with Gasteiger partial charge in [0.1, 0.15) is 5.78 Å². The first-order valence-corrected chi connectivity index (χ1v) is 4.25. The molecule has 2 saturated carbocycles. The van der Waals surface area contributed by atoms with Gasteiger partial charge in [-0.05, 0) is 25.2 Å². The lowest BCUT2D eigenvalue weighted by Crippen LogP contribution is -2.43. The van der Waals surface area contributed by atoms with Gasteiger partial charge in [-0.15, -0.1) is 0 Å². The Kier molecular flexibility index (Phi) is 1.45. The lowest BCUT2D eigenvalue weighted by molar-refractivity contribution is -0.133. The molecule has 11 heavy (non-hydrogen) atoms. The molecule has 58 valence electrons. The van der Waals surface area contributed by atoms with E-state index < -0.39 is 0 Å². The van der Waals surface area contributed by atoms with Crippen molar-refractivity contribution >= 4 is 5.78 Å². The van der Waals surface area contributed by atoms with Crippen LogP contribution in [0.2, 0.25) is 0 Å². The molecule has 0 N–H and O–H groups in total. The number of carbonyl (C=O) groups is 1. The molecule has 2 aliphatic rings. The fraction of sp³-hybridized carbons (Fsp3) is 0.778. The number of carbonyl (C=O) groups excluding carboxylic acids is 1. The zero-order valence-corrected chi connectivity index (χ0v) is 6.42. The maximum absolute atomic E-state index is 11.3. The van der Waals surface area contributed by atoms with E-state index in [2.05, 4.69) is 6.07 Å². The van der Waals surface area contributed by atoms with Gasteiger partial charge >= 0.3 is 0 Å². The molecule has 0 aromatic carbocycles. The fourth-order valence-corrected chi connectivity index (χ4v) is 2.37.